The molecule has 1 heterocycles. The Labute approximate surface area is 109 Å². The summed E-state index contributed by atoms with van der Waals surface area (Å²) < 4.78 is 1.14. The third kappa shape index (κ3) is 2.94. The Morgan fingerprint density at radius 1 is 1.38 bits per heavy atom. The van der Waals surface area contributed by atoms with Gasteiger partial charge in [0.15, 0.2) is 0 Å². The Balaban J connectivity index is 2.13. The van der Waals surface area contributed by atoms with Crippen molar-refractivity contribution in [3.05, 3.63) is 56.7 Å². The highest BCUT2D eigenvalue weighted by molar-refractivity contribution is 9.10. The van der Waals surface area contributed by atoms with Crippen molar-refractivity contribution >= 4 is 27.3 Å². The normalized spacial score (nSPS) is 12.6. The van der Waals surface area contributed by atoms with Crippen LogP contribution in [0.4, 0.5) is 0 Å². The molecular formula is C13H14BrNS. The summed E-state index contributed by atoms with van der Waals surface area (Å²) in [5.41, 5.74) is 2.72. The van der Waals surface area contributed by atoms with Crippen LogP contribution in [0.2, 0.25) is 0 Å². The minimum absolute atomic E-state index is 0.403. The lowest BCUT2D eigenvalue weighted by atomic mass is 10.0. The summed E-state index contributed by atoms with van der Waals surface area (Å²) in [7, 11) is 2.01. The minimum Gasteiger partial charge on any atom is -0.313 e. The minimum atomic E-state index is 0.403. The summed E-state index contributed by atoms with van der Waals surface area (Å²) in [6, 6.07) is 11.1. The maximum atomic E-state index is 3.50. The SMILES string of the molecule is CNC(Cc1cccc(Br)c1)c1ccsc1. The second kappa shape index (κ2) is 5.62. The molecular weight excluding hydrogens is 282 g/mol. The van der Waals surface area contributed by atoms with Crippen molar-refractivity contribution in [2.75, 3.05) is 7.05 Å². The smallest absolute Gasteiger partial charge is 0.0366 e. The van der Waals surface area contributed by atoms with E-state index < -0.39 is 0 Å². The van der Waals surface area contributed by atoms with Gasteiger partial charge in [-0.2, -0.15) is 11.3 Å². The molecule has 1 aromatic heterocycles. The average Bonchev–Trinajstić information content (AvgIpc) is 2.79. The van der Waals surface area contributed by atoms with E-state index in [9.17, 15) is 0 Å². The van der Waals surface area contributed by atoms with Crippen LogP contribution >= 0.6 is 27.3 Å². The lowest BCUT2D eigenvalue weighted by molar-refractivity contribution is 0.594. The highest BCUT2D eigenvalue weighted by atomic mass is 79.9. The molecule has 0 amide bonds. The molecule has 2 aromatic rings. The molecule has 1 atom stereocenters. The number of thiophene rings is 1. The molecule has 0 fully saturated rings. The predicted molar refractivity (Wildman–Crippen MR) is 74.0 cm³/mol. The first-order chi connectivity index (χ1) is 7.79. The third-order valence-corrected chi connectivity index (χ3v) is 3.82. The molecule has 0 saturated carbocycles. The predicted octanol–water partition coefficient (Wildman–Crippen LogP) is 4.01. The van der Waals surface area contributed by atoms with Crippen molar-refractivity contribution in [1.82, 2.24) is 5.32 Å². The van der Waals surface area contributed by atoms with Gasteiger partial charge >= 0.3 is 0 Å². The Bertz CT molecular complexity index is 439. The van der Waals surface area contributed by atoms with Gasteiger partial charge in [0.2, 0.25) is 0 Å². The quantitative estimate of drug-likeness (QED) is 0.898. The van der Waals surface area contributed by atoms with Crippen LogP contribution in [-0.4, -0.2) is 7.05 Å². The van der Waals surface area contributed by atoms with Crippen LogP contribution in [0.15, 0.2) is 45.6 Å². The van der Waals surface area contributed by atoms with E-state index in [0.717, 1.165) is 10.9 Å². The summed E-state index contributed by atoms with van der Waals surface area (Å²) in [5.74, 6) is 0. The first-order valence-electron chi connectivity index (χ1n) is 5.23. The molecule has 0 aliphatic heterocycles. The van der Waals surface area contributed by atoms with Crippen LogP contribution in [0.3, 0.4) is 0 Å². The second-order valence-electron chi connectivity index (χ2n) is 3.73. The third-order valence-electron chi connectivity index (χ3n) is 2.62. The molecule has 0 aliphatic carbocycles. The van der Waals surface area contributed by atoms with Crippen molar-refractivity contribution in [2.24, 2.45) is 0 Å². The zero-order valence-electron chi connectivity index (χ0n) is 9.11. The molecule has 1 nitrogen and oxygen atoms in total. The van der Waals surface area contributed by atoms with Gasteiger partial charge in [0.25, 0.3) is 0 Å². The molecule has 2 rings (SSSR count). The molecule has 0 bridgehead atoms. The van der Waals surface area contributed by atoms with Gasteiger partial charge in [-0.05, 0) is 53.6 Å². The van der Waals surface area contributed by atoms with Crippen LogP contribution in [0.5, 0.6) is 0 Å². The molecule has 0 saturated heterocycles. The summed E-state index contributed by atoms with van der Waals surface area (Å²) >= 11 is 5.25. The molecule has 3 heteroatoms. The number of hydrogen-bond acceptors (Lipinski definition) is 2. The number of benzene rings is 1. The molecule has 0 radical (unpaired) electrons. The monoisotopic (exact) mass is 295 g/mol. The number of hydrogen-bond donors (Lipinski definition) is 1. The Kier molecular flexibility index (Phi) is 4.16. The summed E-state index contributed by atoms with van der Waals surface area (Å²) in [6.45, 7) is 0. The molecule has 1 aromatic carbocycles. The fourth-order valence-electron chi connectivity index (χ4n) is 1.76. The molecule has 84 valence electrons. The van der Waals surface area contributed by atoms with E-state index in [1.165, 1.54) is 11.1 Å². The highest BCUT2D eigenvalue weighted by Crippen LogP contribution is 2.22. The zero-order chi connectivity index (χ0) is 11.4. The van der Waals surface area contributed by atoms with Crippen LogP contribution in [0.1, 0.15) is 17.2 Å². The van der Waals surface area contributed by atoms with Crippen molar-refractivity contribution < 1.29 is 0 Å². The van der Waals surface area contributed by atoms with Crippen molar-refractivity contribution in [3.8, 4) is 0 Å². The number of rotatable bonds is 4. The highest BCUT2D eigenvalue weighted by Gasteiger charge is 2.10. The van der Waals surface area contributed by atoms with Gasteiger partial charge in [0.05, 0.1) is 0 Å². The Hall–Kier alpha value is -0.640. The van der Waals surface area contributed by atoms with E-state index in [-0.39, 0.29) is 0 Å². The number of likely N-dealkylation sites (N-methyl/N-ethyl adjacent to an activating group) is 1. The van der Waals surface area contributed by atoms with Gasteiger partial charge in [0.1, 0.15) is 0 Å². The van der Waals surface area contributed by atoms with E-state index in [1.54, 1.807) is 11.3 Å². The van der Waals surface area contributed by atoms with Crippen LogP contribution in [0.25, 0.3) is 0 Å². The molecule has 0 aliphatic rings. The lowest BCUT2D eigenvalue weighted by Gasteiger charge is -2.15. The Morgan fingerprint density at radius 3 is 2.88 bits per heavy atom. The Morgan fingerprint density at radius 2 is 2.25 bits per heavy atom. The van der Waals surface area contributed by atoms with E-state index in [0.29, 0.717) is 6.04 Å². The fourth-order valence-corrected chi connectivity index (χ4v) is 2.92. The summed E-state index contributed by atoms with van der Waals surface area (Å²) in [4.78, 5) is 0. The van der Waals surface area contributed by atoms with Gasteiger partial charge < -0.3 is 5.32 Å². The zero-order valence-corrected chi connectivity index (χ0v) is 11.5. The van der Waals surface area contributed by atoms with Gasteiger partial charge in [0, 0.05) is 10.5 Å². The lowest BCUT2D eigenvalue weighted by Crippen LogP contribution is -2.18. The molecule has 1 N–H and O–H groups in total. The average molecular weight is 296 g/mol. The number of nitrogens with one attached hydrogen (secondary N) is 1. The molecule has 16 heavy (non-hydrogen) atoms. The largest absolute Gasteiger partial charge is 0.313 e. The van der Waals surface area contributed by atoms with E-state index >= 15 is 0 Å². The van der Waals surface area contributed by atoms with Crippen LogP contribution in [-0.2, 0) is 6.42 Å². The van der Waals surface area contributed by atoms with E-state index in [2.05, 4.69) is 62.3 Å². The molecule has 1 unspecified atom stereocenters. The molecule has 0 spiro atoms. The second-order valence-corrected chi connectivity index (χ2v) is 5.43. The van der Waals surface area contributed by atoms with E-state index in [1.807, 2.05) is 7.05 Å². The van der Waals surface area contributed by atoms with E-state index in [4.69, 9.17) is 0 Å². The standard InChI is InChI=1S/C13H14BrNS/c1-15-13(11-5-6-16-9-11)8-10-3-2-4-12(14)7-10/h2-7,9,13,15H,8H2,1H3. The van der Waals surface area contributed by atoms with Gasteiger partial charge in [-0.1, -0.05) is 28.1 Å². The van der Waals surface area contributed by atoms with Crippen molar-refractivity contribution in [1.29, 1.82) is 0 Å². The van der Waals surface area contributed by atoms with Crippen LogP contribution in [0, 0.1) is 0 Å². The summed E-state index contributed by atoms with van der Waals surface area (Å²) in [6.07, 6.45) is 1.02. The first kappa shape index (κ1) is 11.8. The topological polar surface area (TPSA) is 12.0 Å². The van der Waals surface area contributed by atoms with Crippen LogP contribution < -0.4 is 5.32 Å². The van der Waals surface area contributed by atoms with Crippen molar-refractivity contribution in [3.63, 3.8) is 0 Å². The van der Waals surface area contributed by atoms with Gasteiger partial charge in [-0.25, -0.2) is 0 Å². The summed E-state index contributed by atoms with van der Waals surface area (Å²) in [5, 5.41) is 7.70. The maximum Gasteiger partial charge on any atom is 0.0366 e. The fraction of sp³-hybridized carbons (Fsp3) is 0.231. The number of halogens is 1. The van der Waals surface area contributed by atoms with Gasteiger partial charge in [-0.15, -0.1) is 0 Å². The first-order valence-corrected chi connectivity index (χ1v) is 6.97. The van der Waals surface area contributed by atoms with Crippen molar-refractivity contribution in [2.45, 2.75) is 12.5 Å². The maximum absolute atomic E-state index is 3.50. The van der Waals surface area contributed by atoms with Gasteiger partial charge in [-0.3, -0.25) is 0 Å².